The fourth-order valence-electron chi connectivity index (χ4n) is 2.20. The highest BCUT2D eigenvalue weighted by Gasteiger charge is 2.08. The summed E-state index contributed by atoms with van der Waals surface area (Å²) in [6.45, 7) is 3.50. The minimum Gasteiger partial charge on any atom is -0.319 e. The molecule has 0 radical (unpaired) electrons. The number of carbonyl (C=O) groups is 1. The number of amides is 1. The van der Waals surface area contributed by atoms with E-state index in [1.54, 1.807) is 29.2 Å². The van der Waals surface area contributed by atoms with Crippen LogP contribution in [0.5, 0.6) is 0 Å². The van der Waals surface area contributed by atoms with Gasteiger partial charge in [0.2, 0.25) is 0 Å². The second-order valence-corrected chi connectivity index (χ2v) is 6.01. The molecule has 2 heterocycles. The van der Waals surface area contributed by atoms with E-state index in [4.69, 9.17) is 0 Å². The van der Waals surface area contributed by atoms with E-state index < -0.39 is 0 Å². The molecule has 0 aliphatic rings. The Labute approximate surface area is 142 Å². The number of benzene rings is 1. The van der Waals surface area contributed by atoms with Crippen LogP contribution in [0.25, 0.3) is 0 Å². The molecule has 0 aliphatic heterocycles. The SMILES string of the molecule is CCn1cc(Cn2cc(NC(=O)c3cccc(Br)c3)cn2)cn1. The largest absolute Gasteiger partial charge is 0.319 e. The second kappa shape index (κ2) is 6.78. The summed E-state index contributed by atoms with van der Waals surface area (Å²) in [4.78, 5) is 12.2. The van der Waals surface area contributed by atoms with Crippen molar-refractivity contribution < 1.29 is 4.79 Å². The van der Waals surface area contributed by atoms with Crippen molar-refractivity contribution in [3.8, 4) is 0 Å². The second-order valence-electron chi connectivity index (χ2n) is 5.10. The molecule has 1 amide bonds. The predicted molar refractivity (Wildman–Crippen MR) is 91.3 cm³/mol. The Balaban J connectivity index is 1.66. The summed E-state index contributed by atoms with van der Waals surface area (Å²) in [6, 6.07) is 7.25. The molecule has 118 valence electrons. The van der Waals surface area contributed by atoms with Crippen LogP contribution in [-0.2, 0) is 13.1 Å². The third-order valence-corrected chi connectivity index (χ3v) is 3.83. The number of halogens is 1. The van der Waals surface area contributed by atoms with Gasteiger partial charge in [-0.3, -0.25) is 14.2 Å². The molecule has 0 spiro atoms. The van der Waals surface area contributed by atoms with Crippen LogP contribution in [0.4, 0.5) is 5.69 Å². The molecule has 6 nitrogen and oxygen atoms in total. The number of aromatic nitrogens is 4. The van der Waals surface area contributed by atoms with E-state index >= 15 is 0 Å². The number of anilines is 1. The molecule has 7 heteroatoms. The average molecular weight is 374 g/mol. The molecule has 0 aliphatic carbocycles. The van der Waals surface area contributed by atoms with Crippen molar-refractivity contribution in [2.75, 3.05) is 5.32 Å². The van der Waals surface area contributed by atoms with Crippen LogP contribution < -0.4 is 5.32 Å². The van der Waals surface area contributed by atoms with Gasteiger partial charge in [0, 0.05) is 34.5 Å². The molecule has 0 saturated heterocycles. The van der Waals surface area contributed by atoms with E-state index in [0.717, 1.165) is 16.6 Å². The highest BCUT2D eigenvalue weighted by molar-refractivity contribution is 9.10. The molecule has 3 rings (SSSR count). The molecular weight excluding hydrogens is 358 g/mol. The lowest BCUT2D eigenvalue weighted by molar-refractivity contribution is 0.102. The van der Waals surface area contributed by atoms with Gasteiger partial charge < -0.3 is 5.32 Å². The first-order valence-corrected chi connectivity index (χ1v) is 8.04. The Hall–Kier alpha value is -2.41. The molecule has 0 fully saturated rings. The molecule has 1 N–H and O–H groups in total. The highest BCUT2D eigenvalue weighted by Crippen LogP contribution is 2.14. The quantitative estimate of drug-likeness (QED) is 0.746. The monoisotopic (exact) mass is 373 g/mol. The number of rotatable bonds is 5. The van der Waals surface area contributed by atoms with Crippen molar-refractivity contribution in [2.24, 2.45) is 0 Å². The molecular formula is C16H16BrN5O. The molecule has 1 aromatic carbocycles. The normalized spacial score (nSPS) is 10.7. The maximum atomic E-state index is 12.2. The van der Waals surface area contributed by atoms with Crippen LogP contribution in [0.15, 0.2) is 53.5 Å². The fraction of sp³-hybridized carbons (Fsp3) is 0.188. The van der Waals surface area contributed by atoms with Crippen LogP contribution in [0.2, 0.25) is 0 Å². The van der Waals surface area contributed by atoms with Gasteiger partial charge in [-0.2, -0.15) is 10.2 Å². The maximum absolute atomic E-state index is 12.2. The Morgan fingerprint density at radius 3 is 2.78 bits per heavy atom. The summed E-state index contributed by atoms with van der Waals surface area (Å²) in [5.74, 6) is -0.162. The fourth-order valence-corrected chi connectivity index (χ4v) is 2.59. The Morgan fingerprint density at radius 2 is 2.04 bits per heavy atom. The molecule has 3 aromatic rings. The standard InChI is InChI=1S/C16H16BrN5O/c1-2-21-9-12(7-18-21)10-22-11-15(8-19-22)20-16(23)13-4-3-5-14(17)6-13/h3-9,11H,2,10H2,1H3,(H,20,23). The summed E-state index contributed by atoms with van der Waals surface area (Å²) in [5.41, 5.74) is 2.33. The van der Waals surface area contributed by atoms with Gasteiger partial charge in [-0.1, -0.05) is 22.0 Å². The summed E-state index contributed by atoms with van der Waals surface area (Å²) in [6.07, 6.45) is 7.26. The summed E-state index contributed by atoms with van der Waals surface area (Å²) >= 11 is 3.36. The molecule has 23 heavy (non-hydrogen) atoms. The van der Waals surface area contributed by atoms with E-state index in [9.17, 15) is 4.79 Å². The number of nitrogens with zero attached hydrogens (tertiary/aromatic N) is 4. The van der Waals surface area contributed by atoms with E-state index in [-0.39, 0.29) is 5.91 Å². The minimum atomic E-state index is -0.162. The molecule has 0 saturated carbocycles. The van der Waals surface area contributed by atoms with Crippen LogP contribution in [0, 0.1) is 0 Å². The number of aryl methyl sites for hydroxylation is 1. The van der Waals surface area contributed by atoms with Crippen molar-refractivity contribution >= 4 is 27.5 Å². The van der Waals surface area contributed by atoms with Gasteiger partial charge in [0.05, 0.1) is 24.6 Å². The van der Waals surface area contributed by atoms with Crippen LogP contribution >= 0.6 is 15.9 Å². The summed E-state index contributed by atoms with van der Waals surface area (Å²) < 4.78 is 4.51. The number of carbonyl (C=O) groups excluding carboxylic acids is 1. The number of nitrogens with one attached hydrogen (secondary N) is 1. The molecule has 2 aromatic heterocycles. The minimum absolute atomic E-state index is 0.162. The number of hydrogen-bond donors (Lipinski definition) is 1. The maximum Gasteiger partial charge on any atom is 0.255 e. The van der Waals surface area contributed by atoms with Gasteiger partial charge in [0.15, 0.2) is 0 Å². The van der Waals surface area contributed by atoms with E-state index in [2.05, 4.69) is 31.4 Å². The molecule has 0 atom stereocenters. The smallest absolute Gasteiger partial charge is 0.255 e. The first-order chi connectivity index (χ1) is 11.1. The van der Waals surface area contributed by atoms with Gasteiger partial charge in [0.1, 0.15) is 0 Å². The van der Waals surface area contributed by atoms with Crippen LogP contribution in [-0.4, -0.2) is 25.5 Å². The van der Waals surface area contributed by atoms with Crippen molar-refractivity contribution in [3.63, 3.8) is 0 Å². The van der Waals surface area contributed by atoms with E-state index in [1.807, 2.05) is 36.1 Å². The van der Waals surface area contributed by atoms with Crippen LogP contribution in [0.1, 0.15) is 22.8 Å². The van der Waals surface area contributed by atoms with Gasteiger partial charge in [0.25, 0.3) is 5.91 Å². The number of hydrogen-bond acceptors (Lipinski definition) is 3. The van der Waals surface area contributed by atoms with Crippen molar-refractivity contribution in [2.45, 2.75) is 20.0 Å². The van der Waals surface area contributed by atoms with E-state index in [1.165, 1.54) is 0 Å². The lowest BCUT2D eigenvalue weighted by Gasteiger charge is -2.02. The zero-order valence-electron chi connectivity index (χ0n) is 12.6. The predicted octanol–water partition coefficient (Wildman–Crippen LogP) is 3.16. The van der Waals surface area contributed by atoms with Gasteiger partial charge in [-0.25, -0.2) is 0 Å². The molecule has 0 unspecified atom stereocenters. The summed E-state index contributed by atoms with van der Waals surface area (Å²) in [7, 11) is 0. The lowest BCUT2D eigenvalue weighted by Crippen LogP contribution is -2.11. The first-order valence-electron chi connectivity index (χ1n) is 7.25. The third-order valence-electron chi connectivity index (χ3n) is 3.33. The average Bonchev–Trinajstić information content (AvgIpc) is 3.17. The Morgan fingerprint density at radius 1 is 1.22 bits per heavy atom. The summed E-state index contributed by atoms with van der Waals surface area (Å²) in [5, 5.41) is 11.3. The van der Waals surface area contributed by atoms with Crippen molar-refractivity contribution in [3.05, 3.63) is 64.7 Å². The highest BCUT2D eigenvalue weighted by atomic mass is 79.9. The third kappa shape index (κ3) is 3.87. The molecule has 0 bridgehead atoms. The van der Waals surface area contributed by atoms with Crippen LogP contribution in [0.3, 0.4) is 0 Å². The Kier molecular flexibility index (Phi) is 4.57. The topological polar surface area (TPSA) is 64.7 Å². The van der Waals surface area contributed by atoms with Gasteiger partial charge in [-0.05, 0) is 25.1 Å². The zero-order valence-corrected chi connectivity index (χ0v) is 14.2. The van der Waals surface area contributed by atoms with Gasteiger partial charge in [-0.15, -0.1) is 0 Å². The van der Waals surface area contributed by atoms with Crippen molar-refractivity contribution in [1.29, 1.82) is 0 Å². The Bertz CT molecular complexity index is 823. The zero-order chi connectivity index (χ0) is 16.2. The lowest BCUT2D eigenvalue weighted by atomic mass is 10.2. The van der Waals surface area contributed by atoms with E-state index in [0.29, 0.717) is 17.8 Å². The van der Waals surface area contributed by atoms with Crippen molar-refractivity contribution in [1.82, 2.24) is 19.6 Å². The van der Waals surface area contributed by atoms with Gasteiger partial charge >= 0.3 is 0 Å². The first kappa shape index (κ1) is 15.5.